The van der Waals surface area contributed by atoms with Crippen LogP contribution in [0.15, 0.2) is 47.0 Å². The van der Waals surface area contributed by atoms with Crippen molar-refractivity contribution in [3.63, 3.8) is 0 Å². The van der Waals surface area contributed by atoms with Gasteiger partial charge in [0.1, 0.15) is 5.75 Å². The first-order valence-corrected chi connectivity index (χ1v) is 11.2. The summed E-state index contributed by atoms with van der Waals surface area (Å²) >= 11 is 0. The highest BCUT2D eigenvalue weighted by atomic mass is 16.5. The number of ether oxygens (including phenoxy) is 3. The van der Waals surface area contributed by atoms with Gasteiger partial charge in [-0.05, 0) is 49.6 Å². The number of para-hydroxylation sites is 1. The van der Waals surface area contributed by atoms with Crippen molar-refractivity contribution in [2.45, 2.75) is 53.2 Å². The van der Waals surface area contributed by atoms with Gasteiger partial charge in [-0.15, -0.1) is 0 Å². The van der Waals surface area contributed by atoms with Crippen molar-refractivity contribution in [1.82, 2.24) is 15.5 Å². The monoisotopic (exact) mass is 453 g/mol. The molecule has 176 valence electrons. The number of carbonyl (C=O) groups is 1. The molecule has 1 unspecified atom stereocenters. The van der Waals surface area contributed by atoms with Gasteiger partial charge in [-0.2, -0.15) is 4.98 Å². The van der Waals surface area contributed by atoms with E-state index in [-0.39, 0.29) is 18.6 Å². The minimum Gasteiger partial charge on any atom is -0.490 e. The normalized spacial score (nSPS) is 11.6. The van der Waals surface area contributed by atoms with Gasteiger partial charge in [0.15, 0.2) is 18.1 Å². The Hall–Kier alpha value is -3.55. The predicted molar refractivity (Wildman–Crippen MR) is 124 cm³/mol. The lowest BCUT2D eigenvalue weighted by molar-refractivity contribution is 0.0935. The number of nitrogens with one attached hydrogen (secondary N) is 1. The number of amides is 1. The zero-order valence-corrected chi connectivity index (χ0v) is 19.6. The third kappa shape index (κ3) is 6.71. The van der Waals surface area contributed by atoms with Gasteiger partial charge in [0.05, 0.1) is 24.8 Å². The maximum Gasteiger partial charge on any atom is 0.255 e. The van der Waals surface area contributed by atoms with Crippen molar-refractivity contribution in [3.8, 4) is 17.2 Å². The van der Waals surface area contributed by atoms with E-state index in [0.29, 0.717) is 47.7 Å². The molecule has 1 N–H and O–H groups in total. The molecule has 0 saturated heterocycles. The maximum absolute atomic E-state index is 13.0. The summed E-state index contributed by atoms with van der Waals surface area (Å²) in [4.78, 5) is 17.2. The van der Waals surface area contributed by atoms with Gasteiger partial charge in [-0.3, -0.25) is 4.79 Å². The molecule has 1 heterocycles. The highest BCUT2D eigenvalue weighted by molar-refractivity contribution is 5.97. The summed E-state index contributed by atoms with van der Waals surface area (Å²) in [7, 11) is 0. The summed E-state index contributed by atoms with van der Waals surface area (Å²) < 4.78 is 22.4. The first-order chi connectivity index (χ1) is 16.0. The van der Waals surface area contributed by atoms with E-state index in [1.165, 1.54) is 0 Å². The summed E-state index contributed by atoms with van der Waals surface area (Å²) in [6.07, 6.45) is 1.80. The molecule has 0 bridgehead atoms. The van der Waals surface area contributed by atoms with E-state index in [2.05, 4.69) is 29.3 Å². The van der Waals surface area contributed by atoms with E-state index in [9.17, 15) is 4.79 Å². The van der Waals surface area contributed by atoms with Crippen molar-refractivity contribution in [2.24, 2.45) is 0 Å². The Kier molecular flexibility index (Phi) is 8.69. The van der Waals surface area contributed by atoms with Gasteiger partial charge in [0, 0.05) is 6.92 Å². The molecular formula is C25H31N3O5. The van der Waals surface area contributed by atoms with Crippen molar-refractivity contribution >= 4 is 5.91 Å². The molecule has 0 saturated carbocycles. The fraction of sp³-hybridized carbons (Fsp3) is 0.400. The van der Waals surface area contributed by atoms with Crippen LogP contribution in [-0.4, -0.2) is 29.3 Å². The molecule has 1 amide bonds. The lowest BCUT2D eigenvalue weighted by atomic mass is 10.1. The number of rotatable bonds is 12. The zero-order chi connectivity index (χ0) is 23.6. The van der Waals surface area contributed by atoms with Crippen LogP contribution in [0.3, 0.4) is 0 Å². The van der Waals surface area contributed by atoms with Gasteiger partial charge in [-0.1, -0.05) is 37.2 Å². The van der Waals surface area contributed by atoms with Crippen LogP contribution in [0.4, 0.5) is 0 Å². The number of benzene rings is 2. The van der Waals surface area contributed by atoms with E-state index in [1.807, 2.05) is 31.2 Å². The minimum atomic E-state index is -0.255. The van der Waals surface area contributed by atoms with Crippen LogP contribution in [0.1, 0.15) is 67.3 Å². The first-order valence-electron chi connectivity index (χ1n) is 11.2. The van der Waals surface area contributed by atoms with Crippen LogP contribution in [0.5, 0.6) is 17.2 Å². The van der Waals surface area contributed by atoms with Gasteiger partial charge in [-0.25, -0.2) is 0 Å². The van der Waals surface area contributed by atoms with Crippen LogP contribution >= 0.6 is 0 Å². The van der Waals surface area contributed by atoms with Crippen molar-refractivity contribution in [1.29, 1.82) is 0 Å². The summed E-state index contributed by atoms with van der Waals surface area (Å²) in [6.45, 7) is 9.07. The average Bonchev–Trinajstić information content (AvgIpc) is 3.25. The molecule has 33 heavy (non-hydrogen) atoms. The molecule has 0 radical (unpaired) electrons. The van der Waals surface area contributed by atoms with E-state index in [4.69, 9.17) is 18.7 Å². The quantitative estimate of drug-likeness (QED) is 0.411. The van der Waals surface area contributed by atoms with Crippen LogP contribution < -0.4 is 19.5 Å². The topological polar surface area (TPSA) is 95.7 Å². The molecule has 3 aromatic rings. The molecule has 3 rings (SSSR count). The molecule has 2 aromatic carbocycles. The average molecular weight is 454 g/mol. The third-order valence-electron chi connectivity index (χ3n) is 4.80. The standard InChI is InChI=1S/C25H31N3O5/c1-5-13-30-22-12-11-19(15-23(22)31-14-6-2)17(3)26-25(29)20-9-7-8-10-21(20)32-16-24-27-18(4)33-28-24/h7-12,15,17H,5-6,13-14,16H2,1-4H3,(H,26,29). The molecule has 1 atom stereocenters. The second kappa shape index (κ2) is 11.9. The van der Waals surface area contributed by atoms with Crippen LogP contribution in [0, 0.1) is 6.92 Å². The lowest BCUT2D eigenvalue weighted by Gasteiger charge is -2.19. The summed E-state index contributed by atoms with van der Waals surface area (Å²) in [5.74, 6) is 2.47. The first kappa shape index (κ1) is 24.1. The second-order valence-corrected chi connectivity index (χ2v) is 7.61. The number of aryl methyl sites for hydroxylation is 1. The van der Waals surface area contributed by atoms with Crippen molar-refractivity contribution in [3.05, 3.63) is 65.3 Å². The van der Waals surface area contributed by atoms with Crippen LogP contribution in [0.2, 0.25) is 0 Å². The number of hydrogen-bond acceptors (Lipinski definition) is 7. The number of carbonyl (C=O) groups excluding carboxylic acids is 1. The SMILES string of the molecule is CCCOc1ccc(C(C)NC(=O)c2ccccc2OCc2noc(C)n2)cc1OCCC. The Balaban J connectivity index is 1.71. The zero-order valence-electron chi connectivity index (χ0n) is 19.6. The third-order valence-corrected chi connectivity index (χ3v) is 4.80. The Morgan fingerprint density at radius 3 is 2.42 bits per heavy atom. The van der Waals surface area contributed by atoms with E-state index in [1.54, 1.807) is 25.1 Å². The highest BCUT2D eigenvalue weighted by Gasteiger charge is 2.18. The lowest BCUT2D eigenvalue weighted by Crippen LogP contribution is -2.27. The second-order valence-electron chi connectivity index (χ2n) is 7.61. The molecule has 0 spiro atoms. The van der Waals surface area contributed by atoms with Gasteiger partial charge in [0.25, 0.3) is 5.91 Å². The summed E-state index contributed by atoms with van der Waals surface area (Å²) in [6, 6.07) is 12.6. The molecule has 0 aliphatic carbocycles. The highest BCUT2D eigenvalue weighted by Crippen LogP contribution is 2.31. The van der Waals surface area contributed by atoms with Gasteiger partial charge < -0.3 is 24.1 Å². The van der Waals surface area contributed by atoms with Crippen molar-refractivity contribution < 1.29 is 23.5 Å². The number of hydrogen-bond donors (Lipinski definition) is 1. The molecular weight excluding hydrogens is 422 g/mol. The molecule has 8 heteroatoms. The number of nitrogens with zero attached hydrogens (tertiary/aromatic N) is 2. The van der Waals surface area contributed by atoms with Crippen molar-refractivity contribution in [2.75, 3.05) is 13.2 Å². The van der Waals surface area contributed by atoms with E-state index < -0.39 is 0 Å². The van der Waals surface area contributed by atoms with E-state index in [0.717, 1.165) is 18.4 Å². The number of aromatic nitrogens is 2. The Bertz CT molecular complexity index is 1050. The van der Waals surface area contributed by atoms with Gasteiger partial charge in [0.2, 0.25) is 11.7 Å². The molecule has 8 nitrogen and oxygen atoms in total. The molecule has 1 aromatic heterocycles. The Labute approximate surface area is 194 Å². The van der Waals surface area contributed by atoms with Gasteiger partial charge >= 0.3 is 0 Å². The van der Waals surface area contributed by atoms with E-state index >= 15 is 0 Å². The smallest absolute Gasteiger partial charge is 0.255 e. The Morgan fingerprint density at radius 2 is 1.73 bits per heavy atom. The summed E-state index contributed by atoms with van der Waals surface area (Å²) in [5, 5.41) is 6.85. The predicted octanol–water partition coefficient (Wildman–Crippen LogP) is 5.03. The summed E-state index contributed by atoms with van der Waals surface area (Å²) in [5.41, 5.74) is 1.34. The molecule has 0 fully saturated rings. The molecule has 0 aliphatic rings. The van der Waals surface area contributed by atoms with Crippen LogP contribution in [0.25, 0.3) is 0 Å². The molecule has 0 aliphatic heterocycles. The fourth-order valence-electron chi connectivity index (χ4n) is 3.13. The fourth-order valence-corrected chi connectivity index (χ4v) is 3.13. The van der Waals surface area contributed by atoms with Crippen LogP contribution in [-0.2, 0) is 6.61 Å². The Morgan fingerprint density at radius 1 is 1.00 bits per heavy atom. The largest absolute Gasteiger partial charge is 0.490 e. The maximum atomic E-state index is 13.0. The minimum absolute atomic E-state index is 0.106.